The van der Waals surface area contributed by atoms with Gasteiger partial charge in [0.1, 0.15) is 11.8 Å². The van der Waals surface area contributed by atoms with Gasteiger partial charge in [-0.3, -0.25) is 14.4 Å². The summed E-state index contributed by atoms with van der Waals surface area (Å²) in [4.78, 5) is 37.1. The second kappa shape index (κ2) is 11.6. The van der Waals surface area contributed by atoms with Gasteiger partial charge in [-0.15, -0.1) is 0 Å². The van der Waals surface area contributed by atoms with E-state index in [0.717, 1.165) is 0 Å². The molecule has 0 saturated heterocycles. The van der Waals surface area contributed by atoms with Crippen LogP contribution in [-0.2, 0) is 9.59 Å². The Hall–Kier alpha value is -3.35. The summed E-state index contributed by atoms with van der Waals surface area (Å²) in [7, 11) is 1.56. The minimum Gasteiger partial charge on any atom is -0.497 e. The zero-order valence-corrected chi connectivity index (χ0v) is 17.6. The molecule has 0 heterocycles. The smallest absolute Gasteiger partial charge is 0.251 e. The topological polar surface area (TPSA) is 96.5 Å². The summed E-state index contributed by atoms with van der Waals surface area (Å²) in [6.45, 7) is 4.40. The lowest BCUT2D eigenvalue weighted by Gasteiger charge is -2.19. The van der Waals surface area contributed by atoms with Crippen molar-refractivity contribution in [2.75, 3.05) is 20.2 Å². The third-order valence-corrected chi connectivity index (χ3v) is 4.36. The maximum atomic E-state index is 12.7. The lowest BCUT2D eigenvalue weighted by molar-refractivity contribution is -0.129. The molecular formula is C23H29N3O4. The lowest BCUT2D eigenvalue weighted by Crippen LogP contribution is -2.43. The highest BCUT2D eigenvalue weighted by atomic mass is 16.5. The number of hydrogen-bond acceptors (Lipinski definition) is 4. The Morgan fingerprint density at radius 1 is 0.900 bits per heavy atom. The first-order valence-electron chi connectivity index (χ1n) is 9.95. The zero-order chi connectivity index (χ0) is 21.9. The van der Waals surface area contributed by atoms with Crippen LogP contribution in [0, 0.1) is 5.92 Å². The van der Waals surface area contributed by atoms with E-state index in [0.29, 0.717) is 23.3 Å². The summed E-state index contributed by atoms with van der Waals surface area (Å²) >= 11 is 0. The number of amides is 3. The molecule has 1 unspecified atom stereocenters. The quantitative estimate of drug-likeness (QED) is 0.523. The Morgan fingerprint density at radius 2 is 1.53 bits per heavy atom. The number of ether oxygens (including phenoxy) is 1. The first-order valence-corrected chi connectivity index (χ1v) is 9.95. The summed E-state index contributed by atoms with van der Waals surface area (Å²) < 4.78 is 5.07. The third-order valence-electron chi connectivity index (χ3n) is 4.36. The zero-order valence-electron chi connectivity index (χ0n) is 17.6. The molecule has 2 rings (SSSR count). The maximum absolute atomic E-state index is 12.7. The molecule has 7 nitrogen and oxygen atoms in total. The molecule has 0 bridgehead atoms. The van der Waals surface area contributed by atoms with Gasteiger partial charge in [-0.05, 0) is 35.7 Å². The molecule has 0 aliphatic carbocycles. The van der Waals surface area contributed by atoms with Gasteiger partial charge >= 0.3 is 0 Å². The van der Waals surface area contributed by atoms with Crippen molar-refractivity contribution in [2.45, 2.75) is 26.3 Å². The van der Waals surface area contributed by atoms with E-state index in [4.69, 9.17) is 4.74 Å². The van der Waals surface area contributed by atoms with Crippen LogP contribution in [0.2, 0.25) is 0 Å². The van der Waals surface area contributed by atoms with Crippen LogP contribution in [0.1, 0.15) is 42.2 Å². The summed E-state index contributed by atoms with van der Waals surface area (Å²) in [6.07, 6.45) is 0.342. The Balaban J connectivity index is 1.88. The predicted molar refractivity (Wildman–Crippen MR) is 115 cm³/mol. The van der Waals surface area contributed by atoms with Crippen LogP contribution in [0.4, 0.5) is 0 Å². The van der Waals surface area contributed by atoms with Crippen molar-refractivity contribution in [2.24, 2.45) is 5.92 Å². The molecule has 7 heteroatoms. The summed E-state index contributed by atoms with van der Waals surface area (Å²) in [5, 5.41) is 8.33. The molecule has 2 aromatic carbocycles. The molecule has 0 saturated carbocycles. The number of hydrogen-bond donors (Lipinski definition) is 3. The van der Waals surface area contributed by atoms with Crippen LogP contribution in [0.25, 0.3) is 0 Å². The monoisotopic (exact) mass is 411 g/mol. The Labute approximate surface area is 177 Å². The number of carbonyl (C=O) groups is 3. The van der Waals surface area contributed by atoms with Crippen molar-refractivity contribution >= 4 is 17.7 Å². The molecule has 2 aromatic rings. The van der Waals surface area contributed by atoms with Crippen molar-refractivity contribution in [1.29, 1.82) is 0 Å². The SMILES string of the molecule is COc1ccc(C(=O)NCCNC(=O)C(NC(=O)CC(C)C)c2ccccc2)cc1. The molecule has 0 spiro atoms. The van der Waals surface area contributed by atoms with Gasteiger partial charge in [0, 0.05) is 25.1 Å². The number of rotatable bonds is 10. The largest absolute Gasteiger partial charge is 0.497 e. The van der Waals surface area contributed by atoms with E-state index in [1.54, 1.807) is 43.5 Å². The predicted octanol–water partition coefficient (Wildman–Crippen LogP) is 2.44. The van der Waals surface area contributed by atoms with Crippen molar-refractivity contribution in [3.8, 4) is 5.75 Å². The highest BCUT2D eigenvalue weighted by molar-refractivity contribution is 5.94. The van der Waals surface area contributed by atoms with Crippen molar-refractivity contribution < 1.29 is 19.1 Å². The van der Waals surface area contributed by atoms with Gasteiger partial charge in [-0.25, -0.2) is 0 Å². The van der Waals surface area contributed by atoms with Crippen LogP contribution < -0.4 is 20.7 Å². The molecule has 1 atom stereocenters. The third kappa shape index (κ3) is 7.24. The number of methoxy groups -OCH3 is 1. The van der Waals surface area contributed by atoms with Gasteiger partial charge in [-0.2, -0.15) is 0 Å². The average molecular weight is 412 g/mol. The van der Waals surface area contributed by atoms with Crippen LogP contribution in [0.5, 0.6) is 5.75 Å². The molecular weight excluding hydrogens is 382 g/mol. The Morgan fingerprint density at radius 3 is 2.13 bits per heavy atom. The Bertz CT molecular complexity index is 835. The van der Waals surface area contributed by atoms with Crippen LogP contribution in [0.3, 0.4) is 0 Å². The van der Waals surface area contributed by atoms with E-state index in [9.17, 15) is 14.4 Å². The molecule has 3 amide bonds. The highest BCUT2D eigenvalue weighted by Crippen LogP contribution is 2.14. The maximum Gasteiger partial charge on any atom is 0.251 e. The second-order valence-electron chi connectivity index (χ2n) is 7.28. The van der Waals surface area contributed by atoms with Gasteiger partial charge in [0.2, 0.25) is 11.8 Å². The van der Waals surface area contributed by atoms with Gasteiger partial charge in [0.25, 0.3) is 5.91 Å². The van der Waals surface area contributed by atoms with Gasteiger partial charge < -0.3 is 20.7 Å². The van der Waals surface area contributed by atoms with Crippen LogP contribution in [-0.4, -0.2) is 37.9 Å². The van der Waals surface area contributed by atoms with Crippen molar-refractivity contribution in [3.05, 3.63) is 65.7 Å². The fourth-order valence-electron chi connectivity index (χ4n) is 2.84. The van der Waals surface area contributed by atoms with Gasteiger partial charge in [0.05, 0.1) is 7.11 Å². The first kappa shape index (κ1) is 22.9. The number of carbonyl (C=O) groups excluding carboxylic acids is 3. The highest BCUT2D eigenvalue weighted by Gasteiger charge is 2.22. The fraction of sp³-hybridized carbons (Fsp3) is 0.348. The first-order chi connectivity index (χ1) is 14.4. The summed E-state index contributed by atoms with van der Waals surface area (Å²) in [6, 6.07) is 15.1. The number of benzene rings is 2. The van der Waals surface area contributed by atoms with E-state index in [1.165, 1.54) is 0 Å². The Kier molecular flexibility index (Phi) is 8.87. The van der Waals surface area contributed by atoms with Crippen molar-refractivity contribution in [1.82, 2.24) is 16.0 Å². The minimum atomic E-state index is -0.783. The van der Waals surface area contributed by atoms with Gasteiger partial charge in [-0.1, -0.05) is 44.2 Å². The van der Waals surface area contributed by atoms with Gasteiger partial charge in [0.15, 0.2) is 0 Å². The molecule has 0 aromatic heterocycles. The van der Waals surface area contributed by atoms with Crippen LogP contribution >= 0.6 is 0 Å². The van der Waals surface area contributed by atoms with E-state index >= 15 is 0 Å². The molecule has 0 aliphatic heterocycles. The van der Waals surface area contributed by atoms with E-state index in [2.05, 4.69) is 16.0 Å². The lowest BCUT2D eigenvalue weighted by atomic mass is 10.0. The second-order valence-corrected chi connectivity index (χ2v) is 7.28. The molecule has 0 fully saturated rings. The van der Waals surface area contributed by atoms with E-state index < -0.39 is 6.04 Å². The van der Waals surface area contributed by atoms with E-state index in [-0.39, 0.29) is 36.7 Å². The molecule has 0 radical (unpaired) electrons. The summed E-state index contributed by atoms with van der Waals surface area (Å²) in [5.41, 5.74) is 1.21. The molecule has 160 valence electrons. The average Bonchev–Trinajstić information content (AvgIpc) is 2.75. The standard InChI is InChI=1S/C23H29N3O4/c1-16(2)15-20(27)26-21(17-7-5-4-6-8-17)23(29)25-14-13-24-22(28)18-9-11-19(30-3)12-10-18/h4-12,16,21H,13-15H2,1-3H3,(H,24,28)(H,25,29)(H,26,27). The summed E-state index contributed by atoms with van der Waals surface area (Å²) in [5.74, 6) is 0.124. The molecule has 0 aliphatic rings. The number of nitrogens with one attached hydrogen (secondary N) is 3. The molecule has 3 N–H and O–H groups in total. The normalized spacial score (nSPS) is 11.5. The fourth-order valence-corrected chi connectivity index (χ4v) is 2.84. The van der Waals surface area contributed by atoms with E-state index in [1.807, 2.05) is 32.0 Å². The minimum absolute atomic E-state index is 0.179. The van der Waals surface area contributed by atoms with Crippen molar-refractivity contribution in [3.63, 3.8) is 0 Å². The van der Waals surface area contributed by atoms with Crippen LogP contribution in [0.15, 0.2) is 54.6 Å². The molecule has 30 heavy (non-hydrogen) atoms.